The van der Waals surface area contributed by atoms with Crippen molar-refractivity contribution in [2.45, 2.75) is 13.3 Å². The normalized spacial score (nSPS) is 19.6. The number of nitrogens with zero attached hydrogens (tertiary/aromatic N) is 5. The number of rotatable bonds is 4. The minimum atomic E-state index is -0.338. The Balaban J connectivity index is 1.36. The Bertz CT molecular complexity index is 908. The molecule has 2 amide bonds. The molecule has 2 fully saturated rings. The molecule has 0 bridgehead atoms. The van der Waals surface area contributed by atoms with E-state index in [0.29, 0.717) is 44.2 Å². The van der Waals surface area contributed by atoms with Crippen LogP contribution in [0.1, 0.15) is 23.7 Å². The lowest BCUT2D eigenvalue weighted by Crippen LogP contribution is -2.51. The quantitative estimate of drug-likeness (QED) is 0.730. The van der Waals surface area contributed by atoms with Gasteiger partial charge in [0.15, 0.2) is 5.78 Å². The SMILES string of the molecule is CC(=O)c1ccc(N2CC(C(=O)N3CCN(c4ncccn4)CC3)CC2=O)cc1. The van der Waals surface area contributed by atoms with Crippen molar-refractivity contribution in [3.8, 4) is 0 Å². The van der Waals surface area contributed by atoms with Gasteiger partial charge < -0.3 is 14.7 Å². The lowest BCUT2D eigenvalue weighted by atomic mass is 10.1. The molecule has 150 valence electrons. The summed E-state index contributed by atoms with van der Waals surface area (Å²) in [6, 6.07) is 8.73. The Morgan fingerprint density at radius 3 is 2.28 bits per heavy atom. The van der Waals surface area contributed by atoms with E-state index < -0.39 is 0 Å². The second kappa shape index (κ2) is 7.98. The van der Waals surface area contributed by atoms with Crippen molar-refractivity contribution in [3.63, 3.8) is 0 Å². The van der Waals surface area contributed by atoms with Gasteiger partial charge in [0.05, 0.1) is 5.92 Å². The third-order valence-corrected chi connectivity index (χ3v) is 5.49. The van der Waals surface area contributed by atoms with Crippen LogP contribution in [0.2, 0.25) is 0 Å². The van der Waals surface area contributed by atoms with E-state index in [1.165, 1.54) is 6.92 Å². The van der Waals surface area contributed by atoms with E-state index in [1.807, 2.05) is 4.90 Å². The highest BCUT2D eigenvalue weighted by Crippen LogP contribution is 2.27. The van der Waals surface area contributed by atoms with Crippen molar-refractivity contribution in [3.05, 3.63) is 48.3 Å². The van der Waals surface area contributed by atoms with Gasteiger partial charge in [-0.1, -0.05) is 0 Å². The van der Waals surface area contributed by atoms with Gasteiger partial charge in [0, 0.05) is 62.8 Å². The molecule has 2 aromatic rings. The molecule has 1 aromatic carbocycles. The number of piperazine rings is 1. The average molecular weight is 393 g/mol. The summed E-state index contributed by atoms with van der Waals surface area (Å²) in [5.41, 5.74) is 1.33. The van der Waals surface area contributed by atoms with Crippen molar-refractivity contribution >= 4 is 29.2 Å². The van der Waals surface area contributed by atoms with E-state index in [4.69, 9.17) is 0 Å². The maximum atomic E-state index is 13.0. The Hall–Kier alpha value is -3.29. The summed E-state index contributed by atoms with van der Waals surface area (Å²) < 4.78 is 0. The minimum absolute atomic E-state index is 0.0163. The molecule has 8 heteroatoms. The molecule has 8 nitrogen and oxygen atoms in total. The third kappa shape index (κ3) is 3.96. The molecule has 1 atom stereocenters. The number of amides is 2. The Morgan fingerprint density at radius 2 is 1.66 bits per heavy atom. The largest absolute Gasteiger partial charge is 0.339 e. The van der Waals surface area contributed by atoms with E-state index in [-0.39, 0.29) is 29.9 Å². The molecule has 29 heavy (non-hydrogen) atoms. The Kier molecular flexibility index (Phi) is 5.24. The summed E-state index contributed by atoms with van der Waals surface area (Å²) in [7, 11) is 0. The first kappa shape index (κ1) is 19.0. The molecule has 1 unspecified atom stereocenters. The first-order valence-electron chi connectivity index (χ1n) is 9.75. The van der Waals surface area contributed by atoms with Gasteiger partial charge in [-0.2, -0.15) is 0 Å². The first-order valence-corrected chi connectivity index (χ1v) is 9.75. The number of carbonyl (C=O) groups is 3. The highest BCUT2D eigenvalue weighted by Gasteiger charge is 2.38. The highest BCUT2D eigenvalue weighted by atomic mass is 16.2. The number of hydrogen-bond donors (Lipinski definition) is 0. The standard InChI is InChI=1S/C21H23N5O3/c1-15(27)16-3-5-18(6-4-16)26-14-17(13-19(26)28)20(29)24-9-11-25(12-10-24)21-22-7-2-8-23-21/h2-8,17H,9-14H2,1H3. The summed E-state index contributed by atoms with van der Waals surface area (Å²) in [4.78, 5) is 50.9. The van der Waals surface area contributed by atoms with Crippen LogP contribution in [0.4, 0.5) is 11.6 Å². The van der Waals surface area contributed by atoms with Crippen molar-refractivity contribution < 1.29 is 14.4 Å². The van der Waals surface area contributed by atoms with Gasteiger partial charge in [-0.05, 0) is 37.3 Å². The smallest absolute Gasteiger partial charge is 0.228 e. The number of anilines is 2. The third-order valence-electron chi connectivity index (χ3n) is 5.49. The van der Waals surface area contributed by atoms with Crippen LogP contribution < -0.4 is 9.80 Å². The van der Waals surface area contributed by atoms with Crippen molar-refractivity contribution in [2.75, 3.05) is 42.5 Å². The Labute approximate surface area is 169 Å². The molecule has 2 saturated heterocycles. The highest BCUT2D eigenvalue weighted by molar-refractivity contribution is 6.01. The maximum absolute atomic E-state index is 13.0. The van der Waals surface area contributed by atoms with Gasteiger partial charge >= 0.3 is 0 Å². The van der Waals surface area contributed by atoms with Gasteiger partial charge in [0.1, 0.15) is 0 Å². The number of ketones is 1. The summed E-state index contributed by atoms with van der Waals surface area (Å²) in [5.74, 6) is 0.285. The Morgan fingerprint density at radius 1 is 1.00 bits per heavy atom. The summed E-state index contributed by atoms with van der Waals surface area (Å²) in [6.45, 7) is 4.41. The molecule has 0 aliphatic carbocycles. The van der Waals surface area contributed by atoms with E-state index in [0.717, 1.165) is 5.69 Å². The van der Waals surface area contributed by atoms with Crippen LogP contribution in [0.5, 0.6) is 0 Å². The lowest BCUT2D eigenvalue weighted by Gasteiger charge is -2.35. The van der Waals surface area contributed by atoms with Gasteiger partial charge in [0.25, 0.3) is 0 Å². The van der Waals surface area contributed by atoms with Crippen LogP contribution in [0.15, 0.2) is 42.7 Å². The molecule has 2 aliphatic rings. The van der Waals surface area contributed by atoms with E-state index in [1.54, 1.807) is 47.6 Å². The van der Waals surface area contributed by atoms with Crippen molar-refractivity contribution in [2.24, 2.45) is 5.92 Å². The molecule has 2 aliphatic heterocycles. The molecule has 0 saturated carbocycles. The lowest BCUT2D eigenvalue weighted by molar-refractivity contribution is -0.136. The average Bonchev–Trinajstić information content (AvgIpc) is 3.15. The molecule has 3 heterocycles. The number of benzene rings is 1. The molecule has 1 aromatic heterocycles. The number of hydrogen-bond acceptors (Lipinski definition) is 6. The fraction of sp³-hybridized carbons (Fsp3) is 0.381. The number of Topliss-reactive ketones (excluding diaryl/α,β-unsaturated/α-hetero) is 1. The van der Waals surface area contributed by atoms with Crippen LogP contribution >= 0.6 is 0 Å². The van der Waals surface area contributed by atoms with Crippen LogP contribution in [-0.2, 0) is 9.59 Å². The second-order valence-corrected chi connectivity index (χ2v) is 7.37. The van der Waals surface area contributed by atoms with Crippen LogP contribution in [-0.4, -0.2) is 65.2 Å². The fourth-order valence-corrected chi connectivity index (χ4v) is 3.84. The molecular weight excluding hydrogens is 370 g/mol. The molecule has 0 radical (unpaired) electrons. The summed E-state index contributed by atoms with van der Waals surface area (Å²) >= 11 is 0. The second-order valence-electron chi connectivity index (χ2n) is 7.37. The van der Waals surface area contributed by atoms with Gasteiger partial charge in [0.2, 0.25) is 17.8 Å². The maximum Gasteiger partial charge on any atom is 0.228 e. The fourth-order valence-electron chi connectivity index (χ4n) is 3.84. The minimum Gasteiger partial charge on any atom is -0.339 e. The monoisotopic (exact) mass is 393 g/mol. The van der Waals surface area contributed by atoms with Crippen LogP contribution in [0.25, 0.3) is 0 Å². The van der Waals surface area contributed by atoms with Gasteiger partial charge in [-0.3, -0.25) is 14.4 Å². The summed E-state index contributed by atoms with van der Waals surface area (Å²) in [6.07, 6.45) is 3.64. The van der Waals surface area contributed by atoms with Crippen LogP contribution in [0, 0.1) is 5.92 Å². The summed E-state index contributed by atoms with van der Waals surface area (Å²) in [5, 5.41) is 0. The van der Waals surface area contributed by atoms with E-state index >= 15 is 0 Å². The molecular formula is C21H23N5O3. The van der Waals surface area contributed by atoms with E-state index in [2.05, 4.69) is 14.9 Å². The molecule has 0 spiro atoms. The molecule has 4 rings (SSSR count). The zero-order valence-corrected chi connectivity index (χ0v) is 16.3. The van der Waals surface area contributed by atoms with Crippen LogP contribution in [0.3, 0.4) is 0 Å². The predicted octanol–water partition coefficient (Wildman–Crippen LogP) is 1.38. The topological polar surface area (TPSA) is 86.7 Å². The van der Waals surface area contributed by atoms with Gasteiger partial charge in [-0.25, -0.2) is 9.97 Å². The number of carbonyl (C=O) groups excluding carboxylic acids is 3. The molecule has 0 N–H and O–H groups in total. The predicted molar refractivity (Wildman–Crippen MR) is 108 cm³/mol. The van der Waals surface area contributed by atoms with E-state index in [9.17, 15) is 14.4 Å². The number of aromatic nitrogens is 2. The zero-order valence-electron chi connectivity index (χ0n) is 16.3. The first-order chi connectivity index (χ1) is 14.0. The zero-order chi connectivity index (χ0) is 20.4. The van der Waals surface area contributed by atoms with Crippen molar-refractivity contribution in [1.29, 1.82) is 0 Å². The van der Waals surface area contributed by atoms with Gasteiger partial charge in [-0.15, -0.1) is 0 Å². The van der Waals surface area contributed by atoms with Crippen molar-refractivity contribution in [1.82, 2.24) is 14.9 Å².